The molecule has 0 spiro atoms. The predicted octanol–water partition coefficient (Wildman–Crippen LogP) is 2.71. The lowest BCUT2D eigenvalue weighted by Crippen LogP contribution is -2.57. The van der Waals surface area contributed by atoms with Crippen LogP contribution in [0.3, 0.4) is 0 Å². The zero-order chi connectivity index (χ0) is 16.2. The summed E-state index contributed by atoms with van der Waals surface area (Å²) in [5.74, 6) is 1.08. The van der Waals surface area contributed by atoms with Crippen molar-refractivity contribution in [3.63, 3.8) is 0 Å². The van der Waals surface area contributed by atoms with Crippen LogP contribution in [0.2, 0.25) is 5.02 Å². The van der Waals surface area contributed by atoms with Crippen LogP contribution in [0.5, 0.6) is 11.6 Å². The van der Waals surface area contributed by atoms with E-state index in [0.29, 0.717) is 24.0 Å². The lowest BCUT2D eigenvalue weighted by Gasteiger charge is -2.38. The maximum atomic E-state index is 12.1. The van der Waals surface area contributed by atoms with E-state index in [9.17, 15) is 4.79 Å². The summed E-state index contributed by atoms with van der Waals surface area (Å²) in [7, 11) is 0. The molecule has 1 aromatic heterocycles. The highest BCUT2D eigenvalue weighted by molar-refractivity contribution is 6.31. The normalized spacial score (nSPS) is 14.3. The Morgan fingerprint density at radius 1 is 1.30 bits per heavy atom. The molecule has 1 aliphatic heterocycles. The Kier molecular flexibility index (Phi) is 4.67. The SMILES string of the molecule is Cc1ccccc1OCC(=O)N1CC(Oc2ncccc2Cl)C1. The van der Waals surface area contributed by atoms with Crippen LogP contribution in [-0.4, -0.2) is 41.6 Å². The fourth-order valence-corrected chi connectivity index (χ4v) is 2.45. The van der Waals surface area contributed by atoms with Gasteiger partial charge in [0.15, 0.2) is 6.61 Å². The van der Waals surface area contributed by atoms with Gasteiger partial charge in [0.2, 0.25) is 5.88 Å². The number of ether oxygens (including phenoxy) is 2. The van der Waals surface area contributed by atoms with Crippen molar-refractivity contribution in [2.45, 2.75) is 13.0 Å². The molecule has 2 heterocycles. The van der Waals surface area contributed by atoms with Gasteiger partial charge in [-0.15, -0.1) is 0 Å². The van der Waals surface area contributed by atoms with E-state index in [2.05, 4.69) is 4.98 Å². The van der Waals surface area contributed by atoms with Crippen LogP contribution >= 0.6 is 11.6 Å². The van der Waals surface area contributed by atoms with Crippen molar-refractivity contribution in [2.24, 2.45) is 0 Å². The van der Waals surface area contributed by atoms with Gasteiger partial charge < -0.3 is 14.4 Å². The van der Waals surface area contributed by atoms with Crippen LogP contribution in [0, 0.1) is 6.92 Å². The van der Waals surface area contributed by atoms with Crippen LogP contribution in [0.4, 0.5) is 0 Å². The van der Waals surface area contributed by atoms with Crippen LogP contribution in [0.1, 0.15) is 5.56 Å². The van der Waals surface area contributed by atoms with Gasteiger partial charge in [-0.1, -0.05) is 29.8 Å². The fourth-order valence-electron chi connectivity index (χ4n) is 2.28. The Morgan fingerprint density at radius 2 is 2.09 bits per heavy atom. The van der Waals surface area contributed by atoms with Crippen molar-refractivity contribution >= 4 is 17.5 Å². The third-order valence-corrected chi connectivity index (χ3v) is 3.94. The first-order valence-corrected chi connectivity index (χ1v) is 7.74. The second-order valence-electron chi connectivity index (χ2n) is 5.38. The zero-order valence-electron chi connectivity index (χ0n) is 12.7. The molecule has 1 amide bonds. The quantitative estimate of drug-likeness (QED) is 0.844. The summed E-state index contributed by atoms with van der Waals surface area (Å²) in [6, 6.07) is 11.1. The molecule has 1 aromatic carbocycles. The highest BCUT2D eigenvalue weighted by atomic mass is 35.5. The summed E-state index contributed by atoms with van der Waals surface area (Å²) in [6.45, 7) is 3.01. The number of halogens is 1. The van der Waals surface area contributed by atoms with E-state index in [4.69, 9.17) is 21.1 Å². The number of aryl methyl sites for hydroxylation is 1. The number of rotatable bonds is 5. The van der Waals surface area contributed by atoms with Crippen molar-refractivity contribution in [2.75, 3.05) is 19.7 Å². The van der Waals surface area contributed by atoms with E-state index in [0.717, 1.165) is 11.3 Å². The van der Waals surface area contributed by atoms with E-state index < -0.39 is 0 Å². The first kappa shape index (κ1) is 15.6. The summed E-state index contributed by atoms with van der Waals surface area (Å²) in [6.07, 6.45) is 1.54. The minimum atomic E-state index is -0.0789. The van der Waals surface area contributed by atoms with Crippen LogP contribution in [0.25, 0.3) is 0 Å². The van der Waals surface area contributed by atoms with E-state index >= 15 is 0 Å². The third kappa shape index (κ3) is 3.74. The molecule has 0 saturated carbocycles. The van der Waals surface area contributed by atoms with Gasteiger partial charge in [-0.3, -0.25) is 4.79 Å². The standard InChI is InChI=1S/C17H17ClN2O3/c1-12-5-2-3-7-15(12)22-11-16(21)20-9-13(10-20)23-17-14(18)6-4-8-19-17/h2-8,13H,9-11H2,1H3. The van der Waals surface area contributed by atoms with E-state index in [-0.39, 0.29) is 18.6 Å². The molecular weight excluding hydrogens is 316 g/mol. The Hall–Kier alpha value is -2.27. The lowest BCUT2D eigenvalue weighted by atomic mass is 10.1. The largest absolute Gasteiger partial charge is 0.484 e. The Labute approximate surface area is 139 Å². The fraction of sp³-hybridized carbons (Fsp3) is 0.294. The molecule has 0 radical (unpaired) electrons. The number of para-hydroxylation sites is 1. The molecule has 5 nitrogen and oxygen atoms in total. The Balaban J connectivity index is 1.45. The Bertz CT molecular complexity index is 702. The van der Waals surface area contributed by atoms with Crippen LogP contribution in [0.15, 0.2) is 42.6 Å². The zero-order valence-corrected chi connectivity index (χ0v) is 13.5. The van der Waals surface area contributed by atoms with Crippen molar-refractivity contribution < 1.29 is 14.3 Å². The number of benzene rings is 1. The summed E-state index contributed by atoms with van der Waals surface area (Å²) in [5.41, 5.74) is 1.01. The molecule has 3 rings (SSSR count). The second kappa shape index (κ2) is 6.87. The predicted molar refractivity (Wildman–Crippen MR) is 86.9 cm³/mol. The first-order chi connectivity index (χ1) is 11.1. The summed E-state index contributed by atoms with van der Waals surface area (Å²) < 4.78 is 11.2. The van der Waals surface area contributed by atoms with E-state index in [1.54, 1.807) is 23.2 Å². The van der Waals surface area contributed by atoms with Gasteiger partial charge in [-0.2, -0.15) is 0 Å². The molecule has 0 unspecified atom stereocenters. The highest BCUT2D eigenvalue weighted by Crippen LogP contribution is 2.24. The van der Waals surface area contributed by atoms with Crippen molar-refractivity contribution in [1.82, 2.24) is 9.88 Å². The molecule has 6 heteroatoms. The number of hydrogen-bond donors (Lipinski definition) is 0. The number of hydrogen-bond acceptors (Lipinski definition) is 4. The smallest absolute Gasteiger partial charge is 0.260 e. The maximum absolute atomic E-state index is 12.1. The average Bonchev–Trinajstić information content (AvgIpc) is 2.51. The molecule has 1 fully saturated rings. The molecule has 0 N–H and O–H groups in total. The highest BCUT2D eigenvalue weighted by Gasteiger charge is 2.33. The van der Waals surface area contributed by atoms with Crippen LogP contribution in [-0.2, 0) is 4.79 Å². The van der Waals surface area contributed by atoms with E-state index in [1.165, 1.54) is 0 Å². The van der Waals surface area contributed by atoms with Crippen molar-refractivity contribution in [1.29, 1.82) is 0 Å². The molecule has 0 aliphatic carbocycles. The van der Waals surface area contributed by atoms with E-state index in [1.807, 2.05) is 31.2 Å². The van der Waals surface area contributed by atoms with Gasteiger partial charge in [0.25, 0.3) is 5.91 Å². The van der Waals surface area contributed by atoms with Crippen molar-refractivity contribution in [3.05, 3.63) is 53.2 Å². The summed E-state index contributed by atoms with van der Waals surface area (Å²) in [4.78, 5) is 17.8. The molecular formula is C17H17ClN2O3. The topological polar surface area (TPSA) is 51.7 Å². The molecule has 1 aliphatic rings. The molecule has 0 atom stereocenters. The number of carbonyl (C=O) groups excluding carboxylic acids is 1. The number of nitrogens with zero attached hydrogens (tertiary/aromatic N) is 2. The van der Waals surface area contributed by atoms with Crippen LogP contribution < -0.4 is 9.47 Å². The van der Waals surface area contributed by atoms with Gasteiger partial charge in [-0.05, 0) is 30.7 Å². The monoisotopic (exact) mass is 332 g/mol. The number of likely N-dealkylation sites (tertiary alicyclic amines) is 1. The second-order valence-corrected chi connectivity index (χ2v) is 5.79. The molecule has 1 saturated heterocycles. The van der Waals surface area contributed by atoms with Gasteiger partial charge >= 0.3 is 0 Å². The minimum absolute atomic E-state index is 0.0297. The maximum Gasteiger partial charge on any atom is 0.260 e. The number of amides is 1. The minimum Gasteiger partial charge on any atom is -0.484 e. The average molecular weight is 333 g/mol. The number of pyridine rings is 1. The molecule has 0 bridgehead atoms. The Morgan fingerprint density at radius 3 is 2.83 bits per heavy atom. The third-order valence-electron chi connectivity index (χ3n) is 3.65. The van der Waals surface area contributed by atoms with Gasteiger partial charge in [0, 0.05) is 6.20 Å². The van der Waals surface area contributed by atoms with Gasteiger partial charge in [-0.25, -0.2) is 4.98 Å². The molecule has 23 heavy (non-hydrogen) atoms. The summed E-state index contributed by atoms with van der Waals surface area (Å²) in [5, 5.41) is 0.472. The lowest BCUT2D eigenvalue weighted by molar-refractivity contribution is -0.142. The number of carbonyl (C=O) groups is 1. The van der Waals surface area contributed by atoms with Gasteiger partial charge in [0.1, 0.15) is 16.9 Å². The first-order valence-electron chi connectivity index (χ1n) is 7.37. The summed E-state index contributed by atoms with van der Waals surface area (Å²) >= 11 is 5.99. The molecule has 2 aromatic rings. The van der Waals surface area contributed by atoms with Gasteiger partial charge in [0.05, 0.1) is 13.1 Å². The number of aromatic nitrogens is 1. The van der Waals surface area contributed by atoms with Crippen molar-refractivity contribution in [3.8, 4) is 11.6 Å². The molecule has 120 valence electrons.